The number of likely N-dealkylation sites (tertiary alicyclic amines) is 1. The minimum absolute atomic E-state index is 0.0113. The number of carbonyl (C=O) groups is 2. The van der Waals surface area contributed by atoms with Crippen molar-refractivity contribution < 1.29 is 19.4 Å². The van der Waals surface area contributed by atoms with Crippen LogP contribution in [0, 0.1) is 11.8 Å². The van der Waals surface area contributed by atoms with Gasteiger partial charge in [-0.05, 0) is 54.7 Å². The normalized spacial score (nSPS) is 18.8. The van der Waals surface area contributed by atoms with Gasteiger partial charge in [-0.25, -0.2) is 4.98 Å². The third-order valence-electron chi connectivity index (χ3n) is 6.28. The minimum Gasteiger partial charge on any atom is -0.497 e. The molecular formula is C24H27N3O4. The summed E-state index contributed by atoms with van der Waals surface area (Å²) in [7, 11) is 3.58. The number of benzene rings is 2. The maximum atomic E-state index is 13.1. The van der Waals surface area contributed by atoms with Crippen molar-refractivity contribution in [2.24, 2.45) is 18.9 Å². The largest absolute Gasteiger partial charge is 0.497 e. The molecule has 1 saturated heterocycles. The topological polar surface area (TPSA) is 84.7 Å². The van der Waals surface area contributed by atoms with E-state index in [1.807, 2.05) is 36.2 Å². The number of carboxylic acids is 1. The Bertz CT molecular complexity index is 1090. The van der Waals surface area contributed by atoms with Crippen molar-refractivity contribution in [1.82, 2.24) is 14.5 Å². The molecule has 0 spiro atoms. The molecule has 7 nitrogen and oxygen atoms in total. The van der Waals surface area contributed by atoms with Crippen LogP contribution in [0.1, 0.15) is 29.0 Å². The standard InChI is InChI=1S/C24H27N3O4/c1-26-21-6-4-3-5-20(21)25-22(26)13-18-15-27(12-11-17(18)14-23(28)29)24(30)16-7-9-19(31-2)10-8-16/h3-10,17-18H,11-15H2,1-2H3,(H,28,29). The van der Waals surface area contributed by atoms with Crippen LogP contribution in [0.3, 0.4) is 0 Å². The molecule has 0 radical (unpaired) electrons. The van der Waals surface area contributed by atoms with E-state index in [0.29, 0.717) is 37.2 Å². The van der Waals surface area contributed by atoms with Crippen LogP contribution in [0.5, 0.6) is 5.75 Å². The van der Waals surface area contributed by atoms with Gasteiger partial charge in [-0.15, -0.1) is 0 Å². The molecule has 2 aromatic carbocycles. The van der Waals surface area contributed by atoms with Gasteiger partial charge in [0.25, 0.3) is 5.91 Å². The molecule has 1 aromatic heterocycles. The van der Waals surface area contributed by atoms with Crippen LogP contribution in [0.25, 0.3) is 11.0 Å². The highest BCUT2D eigenvalue weighted by Crippen LogP contribution is 2.31. The minimum atomic E-state index is -0.796. The lowest BCUT2D eigenvalue weighted by molar-refractivity contribution is -0.139. The Balaban J connectivity index is 1.56. The van der Waals surface area contributed by atoms with Crippen LogP contribution < -0.4 is 4.74 Å². The van der Waals surface area contributed by atoms with Gasteiger partial charge in [0.15, 0.2) is 0 Å². The third-order valence-corrected chi connectivity index (χ3v) is 6.28. The van der Waals surface area contributed by atoms with Crippen LogP contribution in [0.15, 0.2) is 48.5 Å². The number of aromatic nitrogens is 2. The first-order valence-corrected chi connectivity index (χ1v) is 10.5. The fourth-order valence-corrected chi connectivity index (χ4v) is 4.52. The van der Waals surface area contributed by atoms with Gasteiger partial charge < -0.3 is 19.3 Å². The summed E-state index contributed by atoms with van der Waals surface area (Å²) < 4.78 is 7.24. The molecule has 2 heterocycles. The Morgan fingerprint density at radius 3 is 2.55 bits per heavy atom. The van der Waals surface area contributed by atoms with E-state index in [0.717, 1.165) is 16.9 Å². The van der Waals surface area contributed by atoms with E-state index in [9.17, 15) is 14.7 Å². The second-order valence-corrected chi connectivity index (χ2v) is 8.17. The zero-order valence-electron chi connectivity index (χ0n) is 17.8. The van der Waals surface area contributed by atoms with Crippen molar-refractivity contribution in [2.75, 3.05) is 20.2 Å². The highest BCUT2D eigenvalue weighted by atomic mass is 16.5. The molecule has 0 bridgehead atoms. The van der Waals surface area contributed by atoms with Crippen molar-refractivity contribution >= 4 is 22.9 Å². The van der Waals surface area contributed by atoms with Gasteiger partial charge in [0.05, 0.1) is 18.1 Å². The second kappa shape index (κ2) is 8.79. The van der Waals surface area contributed by atoms with Gasteiger partial charge in [-0.3, -0.25) is 9.59 Å². The summed E-state index contributed by atoms with van der Waals surface area (Å²) in [4.78, 5) is 31.1. The summed E-state index contributed by atoms with van der Waals surface area (Å²) in [5, 5.41) is 9.41. The van der Waals surface area contributed by atoms with Crippen LogP contribution in [-0.2, 0) is 18.3 Å². The summed E-state index contributed by atoms with van der Waals surface area (Å²) in [6, 6.07) is 15.0. The fraction of sp³-hybridized carbons (Fsp3) is 0.375. The molecule has 1 amide bonds. The number of para-hydroxylation sites is 2. The highest BCUT2D eigenvalue weighted by molar-refractivity contribution is 5.94. The first kappa shape index (κ1) is 20.9. The average Bonchev–Trinajstić information content (AvgIpc) is 3.09. The van der Waals surface area contributed by atoms with Gasteiger partial charge in [0.1, 0.15) is 11.6 Å². The van der Waals surface area contributed by atoms with Crippen LogP contribution in [0.2, 0.25) is 0 Å². The van der Waals surface area contributed by atoms with E-state index in [1.54, 1.807) is 31.4 Å². The molecular weight excluding hydrogens is 394 g/mol. The van der Waals surface area contributed by atoms with Crippen LogP contribution in [0.4, 0.5) is 0 Å². The van der Waals surface area contributed by atoms with E-state index in [-0.39, 0.29) is 24.2 Å². The number of hydrogen-bond acceptors (Lipinski definition) is 4. The molecule has 1 aliphatic heterocycles. The zero-order chi connectivity index (χ0) is 22.0. The number of methoxy groups -OCH3 is 1. The van der Waals surface area contributed by atoms with Crippen LogP contribution >= 0.6 is 0 Å². The van der Waals surface area contributed by atoms with Gasteiger partial charge >= 0.3 is 5.97 Å². The first-order chi connectivity index (χ1) is 15.0. The number of fused-ring (bicyclic) bond motifs is 1. The molecule has 0 aliphatic carbocycles. The molecule has 1 N–H and O–H groups in total. The second-order valence-electron chi connectivity index (χ2n) is 8.17. The number of aryl methyl sites for hydroxylation is 1. The van der Waals surface area contributed by atoms with E-state index < -0.39 is 5.97 Å². The lowest BCUT2D eigenvalue weighted by Crippen LogP contribution is -2.45. The Labute approximate surface area is 181 Å². The lowest BCUT2D eigenvalue weighted by Gasteiger charge is -2.38. The SMILES string of the molecule is COc1ccc(C(=O)N2CCC(CC(=O)O)C(Cc3nc4ccccc4n3C)C2)cc1. The summed E-state index contributed by atoms with van der Waals surface area (Å²) in [6.45, 7) is 1.08. The number of ether oxygens (including phenoxy) is 1. The third kappa shape index (κ3) is 4.40. The quantitative estimate of drug-likeness (QED) is 0.660. The number of imidazole rings is 1. The molecule has 1 aliphatic rings. The monoisotopic (exact) mass is 421 g/mol. The number of carboxylic acid groups (broad SMARTS) is 1. The summed E-state index contributed by atoms with van der Waals surface area (Å²) in [6.07, 6.45) is 1.41. The van der Waals surface area contributed by atoms with E-state index in [2.05, 4.69) is 4.57 Å². The van der Waals surface area contributed by atoms with Gasteiger partial charge in [0, 0.05) is 38.5 Å². The van der Waals surface area contributed by atoms with Crippen molar-refractivity contribution in [3.05, 3.63) is 59.9 Å². The van der Waals surface area contributed by atoms with Gasteiger partial charge in [-0.2, -0.15) is 0 Å². The zero-order valence-corrected chi connectivity index (χ0v) is 17.8. The van der Waals surface area contributed by atoms with E-state index in [4.69, 9.17) is 9.72 Å². The van der Waals surface area contributed by atoms with Crippen molar-refractivity contribution in [2.45, 2.75) is 19.3 Å². The first-order valence-electron chi connectivity index (χ1n) is 10.5. The summed E-state index contributed by atoms with van der Waals surface area (Å²) in [5.41, 5.74) is 2.59. The maximum absolute atomic E-state index is 13.1. The number of piperidine rings is 1. The number of hydrogen-bond donors (Lipinski definition) is 1. The van der Waals surface area contributed by atoms with Gasteiger partial charge in [-0.1, -0.05) is 12.1 Å². The molecule has 2 unspecified atom stereocenters. The van der Waals surface area contributed by atoms with E-state index >= 15 is 0 Å². The predicted octanol–water partition coefficient (Wildman–Crippen LogP) is 3.38. The molecule has 31 heavy (non-hydrogen) atoms. The number of nitrogens with zero attached hydrogens (tertiary/aromatic N) is 3. The fourth-order valence-electron chi connectivity index (χ4n) is 4.52. The molecule has 3 aromatic rings. The summed E-state index contributed by atoms with van der Waals surface area (Å²) >= 11 is 0. The van der Waals surface area contributed by atoms with E-state index in [1.165, 1.54) is 0 Å². The maximum Gasteiger partial charge on any atom is 0.303 e. The highest BCUT2D eigenvalue weighted by Gasteiger charge is 2.34. The number of rotatable bonds is 6. The number of amides is 1. The Kier molecular flexibility index (Phi) is 5.93. The molecule has 2 atom stereocenters. The van der Waals surface area contributed by atoms with Crippen molar-refractivity contribution in [3.8, 4) is 5.75 Å². The van der Waals surface area contributed by atoms with Crippen LogP contribution in [-0.4, -0.2) is 51.6 Å². The number of aliphatic carboxylic acids is 1. The summed E-state index contributed by atoms with van der Waals surface area (Å²) in [5.74, 6) is 0.831. The predicted molar refractivity (Wildman–Crippen MR) is 117 cm³/mol. The average molecular weight is 421 g/mol. The Morgan fingerprint density at radius 1 is 1.13 bits per heavy atom. The Morgan fingerprint density at radius 2 is 1.87 bits per heavy atom. The van der Waals surface area contributed by atoms with Gasteiger partial charge in [0.2, 0.25) is 0 Å². The smallest absolute Gasteiger partial charge is 0.303 e. The van der Waals surface area contributed by atoms with Crippen molar-refractivity contribution in [3.63, 3.8) is 0 Å². The molecule has 162 valence electrons. The Hall–Kier alpha value is -3.35. The lowest BCUT2D eigenvalue weighted by atomic mass is 9.80. The van der Waals surface area contributed by atoms with Crippen molar-refractivity contribution in [1.29, 1.82) is 0 Å². The number of carbonyl (C=O) groups excluding carboxylic acids is 1. The molecule has 1 fully saturated rings. The molecule has 4 rings (SSSR count). The molecule has 7 heteroatoms. The molecule has 0 saturated carbocycles.